The monoisotopic (exact) mass is 350 g/mol. The molecule has 1 aromatic rings. The van der Waals surface area contributed by atoms with Crippen LogP contribution in [0.15, 0.2) is 42.5 Å². The van der Waals surface area contributed by atoms with Crippen LogP contribution in [-0.4, -0.2) is 59.3 Å². The van der Waals surface area contributed by atoms with Crippen LogP contribution >= 0.6 is 0 Å². The quantitative estimate of drug-likeness (QED) is 0.579. The first kappa shape index (κ1) is 19.1. The summed E-state index contributed by atoms with van der Waals surface area (Å²) in [5.41, 5.74) is -1.60. The maximum atomic E-state index is 12.1. The minimum absolute atomic E-state index is 0.271. The van der Waals surface area contributed by atoms with Crippen LogP contribution in [0.3, 0.4) is 0 Å². The summed E-state index contributed by atoms with van der Waals surface area (Å²) in [7, 11) is 0. The Balaban J connectivity index is 2.21. The lowest BCUT2D eigenvalue weighted by molar-refractivity contribution is -0.211. The Labute approximate surface area is 145 Å². The van der Waals surface area contributed by atoms with Crippen LogP contribution in [0.5, 0.6) is 0 Å². The average Bonchev–Trinajstić information content (AvgIpc) is 2.60. The number of ether oxygens (including phenoxy) is 3. The molecule has 7 heteroatoms. The molecule has 7 nitrogen and oxygen atoms in total. The van der Waals surface area contributed by atoms with Crippen molar-refractivity contribution in [3.63, 3.8) is 0 Å². The molecule has 136 valence electrons. The van der Waals surface area contributed by atoms with Crippen molar-refractivity contribution in [2.24, 2.45) is 0 Å². The Morgan fingerprint density at radius 2 is 1.88 bits per heavy atom. The van der Waals surface area contributed by atoms with Crippen LogP contribution in [0.1, 0.15) is 24.2 Å². The first-order valence-electron chi connectivity index (χ1n) is 7.98. The third-order valence-corrected chi connectivity index (χ3v) is 3.86. The van der Waals surface area contributed by atoms with E-state index in [4.69, 9.17) is 14.2 Å². The SMILES string of the molecule is CCO[C@H]1C=C[C@H](O)[C@@H](OC(C)=O)[C@@]1(O)COC(=O)c1ccccc1. The zero-order valence-corrected chi connectivity index (χ0v) is 14.1. The van der Waals surface area contributed by atoms with Crippen LogP contribution in [0.25, 0.3) is 0 Å². The molecule has 0 amide bonds. The third kappa shape index (κ3) is 4.45. The summed E-state index contributed by atoms with van der Waals surface area (Å²) in [6.07, 6.45) is -0.642. The average molecular weight is 350 g/mol. The number of esters is 2. The largest absolute Gasteiger partial charge is 0.459 e. The van der Waals surface area contributed by atoms with E-state index in [9.17, 15) is 19.8 Å². The van der Waals surface area contributed by atoms with E-state index in [0.717, 1.165) is 6.92 Å². The highest BCUT2D eigenvalue weighted by Gasteiger charge is 2.52. The van der Waals surface area contributed by atoms with Gasteiger partial charge in [-0.2, -0.15) is 0 Å². The molecule has 0 heterocycles. The highest BCUT2D eigenvalue weighted by molar-refractivity contribution is 5.89. The molecule has 0 fully saturated rings. The van der Waals surface area contributed by atoms with E-state index in [1.165, 1.54) is 12.2 Å². The number of hydrogen-bond acceptors (Lipinski definition) is 7. The first-order valence-corrected chi connectivity index (χ1v) is 7.98. The molecule has 0 unspecified atom stereocenters. The molecule has 1 aromatic carbocycles. The van der Waals surface area contributed by atoms with Crippen molar-refractivity contribution in [1.29, 1.82) is 0 Å². The molecular formula is C18H22O7. The molecule has 0 bridgehead atoms. The van der Waals surface area contributed by atoms with Crippen molar-refractivity contribution in [2.75, 3.05) is 13.2 Å². The third-order valence-electron chi connectivity index (χ3n) is 3.86. The molecule has 1 aliphatic rings. The fourth-order valence-corrected chi connectivity index (χ4v) is 2.67. The predicted molar refractivity (Wildman–Crippen MR) is 87.8 cm³/mol. The van der Waals surface area contributed by atoms with Crippen molar-refractivity contribution < 1.29 is 34.0 Å². The summed E-state index contributed by atoms with van der Waals surface area (Å²) in [6, 6.07) is 8.28. The van der Waals surface area contributed by atoms with Gasteiger partial charge < -0.3 is 24.4 Å². The number of aliphatic hydroxyl groups is 2. The van der Waals surface area contributed by atoms with E-state index < -0.39 is 42.5 Å². The van der Waals surface area contributed by atoms with Crippen LogP contribution < -0.4 is 0 Å². The fraction of sp³-hybridized carbons (Fsp3) is 0.444. The van der Waals surface area contributed by atoms with Crippen LogP contribution in [-0.2, 0) is 19.0 Å². The van der Waals surface area contributed by atoms with Crippen LogP contribution in [0.4, 0.5) is 0 Å². The summed E-state index contributed by atoms with van der Waals surface area (Å²) in [4.78, 5) is 23.5. The molecular weight excluding hydrogens is 328 g/mol. The summed E-state index contributed by atoms with van der Waals surface area (Å²) in [6.45, 7) is 2.66. The zero-order chi connectivity index (χ0) is 18.4. The van der Waals surface area contributed by atoms with Gasteiger partial charge in [0.1, 0.15) is 18.8 Å². The Morgan fingerprint density at radius 3 is 2.48 bits per heavy atom. The number of carbonyl (C=O) groups excluding carboxylic acids is 2. The predicted octanol–water partition coefficient (Wildman–Crippen LogP) is 0.842. The lowest BCUT2D eigenvalue weighted by atomic mass is 9.82. The number of carbonyl (C=O) groups is 2. The molecule has 0 saturated carbocycles. The van der Waals surface area contributed by atoms with Gasteiger partial charge in [-0.1, -0.05) is 30.4 Å². The van der Waals surface area contributed by atoms with Gasteiger partial charge in [-0.05, 0) is 19.1 Å². The van der Waals surface area contributed by atoms with Crippen LogP contribution in [0, 0.1) is 0 Å². The van der Waals surface area contributed by atoms with E-state index in [1.807, 2.05) is 0 Å². The number of hydrogen-bond donors (Lipinski definition) is 2. The molecule has 0 saturated heterocycles. The van der Waals surface area contributed by atoms with Gasteiger partial charge in [0.15, 0.2) is 11.7 Å². The van der Waals surface area contributed by atoms with E-state index in [1.54, 1.807) is 37.3 Å². The van der Waals surface area contributed by atoms with Gasteiger partial charge in [0, 0.05) is 13.5 Å². The summed E-state index contributed by atoms with van der Waals surface area (Å²) < 4.78 is 15.7. The summed E-state index contributed by atoms with van der Waals surface area (Å²) in [5, 5.41) is 21.1. The van der Waals surface area contributed by atoms with Gasteiger partial charge in [0.2, 0.25) is 0 Å². The smallest absolute Gasteiger partial charge is 0.338 e. The number of benzene rings is 1. The molecule has 1 aliphatic carbocycles. The highest BCUT2D eigenvalue weighted by atomic mass is 16.6. The Hall–Kier alpha value is -2.22. The van der Waals surface area contributed by atoms with Gasteiger partial charge in [-0.15, -0.1) is 0 Å². The molecule has 2 N–H and O–H groups in total. The zero-order valence-electron chi connectivity index (χ0n) is 14.1. The molecule has 4 atom stereocenters. The second kappa shape index (κ2) is 8.24. The summed E-state index contributed by atoms with van der Waals surface area (Å²) >= 11 is 0. The molecule has 0 radical (unpaired) electrons. The van der Waals surface area contributed by atoms with Gasteiger partial charge in [-0.3, -0.25) is 4.79 Å². The molecule has 0 aromatic heterocycles. The van der Waals surface area contributed by atoms with Crippen molar-refractivity contribution in [3.8, 4) is 0 Å². The van der Waals surface area contributed by atoms with Crippen molar-refractivity contribution in [2.45, 2.75) is 37.8 Å². The summed E-state index contributed by atoms with van der Waals surface area (Å²) in [5.74, 6) is -1.32. The van der Waals surface area contributed by atoms with Crippen molar-refractivity contribution in [3.05, 3.63) is 48.0 Å². The van der Waals surface area contributed by atoms with Gasteiger partial charge in [-0.25, -0.2) is 4.79 Å². The molecule has 0 spiro atoms. The first-order chi connectivity index (χ1) is 11.9. The Bertz CT molecular complexity index is 628. The minimum Gasteiger partial charge on any atom is -0.459 e. The molecule has 0 aliphatic heterocycles. The van der Waals surface area contributed by atoms with E-state index in [0.29, 0.717) is 5.56 Å². The van der Waals surface area contributed by atoms with Crippen LogP contribution in [0.2, 0.25) is 0 Å². The van der Waals surface area contributed by atoms with E-state index >= 15 is 0 Å². The molecule has 25 heavy (non-hydrogen) atoms. The lowest BCUT2D eigenvalue weighted by Gasteiger charge is -2.43. The number of rotatable bonds is 6. The second-order valence-corrected chi connectivity index (χ2v) is 5.71. The normalized spacial score (nSPS) is 28.4. The van der Waals surface area contributed by atoms with E-state index in [2.05, 4.69) is 0 Å². The highest BCUT2D eigenvalue weighted by Crippen LogP contribution is 2.30. The standard InChI is InChI=1S/C18H22O7/c1-3-23-15-10-9-14(20)16(25-12(2)19)18(15,22)11-24-17(21)13-7-5-4-6-8-13/h4-10,14-16,20,22H,3,11H2,1-2H3/t14-,15-,16+,18+/m0/s1. The Morgan fingerprint density at radius 1 is 1.20 bits per heavy atom. The maximum Gasteiger partial charge on any atom is 0.338 e. The topological polar surface area (TPSA) is 102 Å². The fourth-order valence-electron chi connectivity index (χ4n) is 2.67. The van der Waals surface area contributed by atoms with Crippen molar-refractivity contribution >= 4 is 11.9 Å². The van der Waals surface area contributed by atoms with Crippen molar-refractivity contribution in [1.82, 2.24) is 0 Å². The number of aliphatic hydroxyl groups excluding tert-OH is 1. The lowest BCUT2D eigenvalue weighted by Crippen LogP contribution is -2.63. The molecule has 2 rings (SSSR count). The van der Waals surface area contributed by atoms with Gasteiger partial charge in [0.05, 0.1) is 5.56 Å². The van der Waals surface area contributed by atoms with Gasteiger partial charge >= 0.3 is 11.9 Å². The second-order valence-electron chi connectivity index (χ2n) is 5.71. The van der Waals surface area contributed by atoms with Gasteiger partial charge in [0.25, 0.3) is 0 Å². The maximum absolute atomic E-state index is 12.1. The minimum atomic E-state index is -1.92. The Kier molecular flexibility index (Phi) is 6.30. The van der Waals surface area contributed by atoms with E-state index in [-0.39, 0.29) is 6.61 Å².